The number of nitrogens with zero attached hydrogens (tertiary/aromatic N) is 2. The highest BCUT2D eigenvalue weighted by atomic mass is 35.5. The van der Waals surface area contributed by atoms with Gasteiger partial charge in [-0.25, -0.2) is 19.2 Å². The zero-order valence-electron chi connectivity index (χ0n) is 25.1. The van der Waals surface area contributed by atoms with Crippen LogP contribution in [-0.4, -0.2) is 29.3 Å². The van der Waals surface area contributed by atoms with Crippen molar-refractivity contribution in [3.63, 3.8) is 0 Å². The Balaban J connectivity index is 1.32. The van der Waals surface area contributed by atoms with Crippen LogP contribution in [-0.2, 0) is 22.3 Å². The van der Waals surface area contributed by atoms with E-state index in [1.54, 1.807) is 54.6 Å². The van der Waals surface area contributed by atoms with Crippen molar-refractivity contribution in [1.29, 1.82) is 0 Å². The number of halogens is 2. The van der Waals surface area contributed by atoms with Gasteiger partial charge in [-0.2, -0.15) is 4.33 Å². The van der Waals surface area contributed by atoms with Gasteiger partial charge in [-0.15, -0.1) is 0 Å². The summed E-state index contributed by atoms with van der Waals surface area (Å²) in [5.41, 5.74) is 2.60. The van der Waals surface area contributed by atoms with E-state index in [4.69, 9.17) is 26.2 Å². The monoisotopic (exact) mass is 584 g/mol. The highest BCUT2D eigenvalue weighted by molar-refractivity contribution is 7.94. The van der Waals surface area contributed by atoms with Gasteiger partial charge in [0.2, 0.25) is 0 Å². The number of fused-ring (bicyclic) bond motifs is 1. The largest absolute Gasteiger partial charge is 0.487 e. The van der Waals surface area contributed by atoms with Gasteiger partial charge in [0, 0.05) is 43.7 Å². The number of furan rings is 1. The number of hydrogen-bond acceptors (Lipinski definition) is 9. The molecule has 0 saturated carbocycles. The van der Waals surface area contributed by atoms with E-state index in [1.807, 2.05) is 0 Å². The van der Waals surface area contributed by atoms with Crippen LogP contribution in [0.5, 0.6) is 5.75 Å². The van der Waals surface area contributed by atoms with Crippen molar-refractivity contribution in [3.8, 4) is 17.1 Å². The maximum absolute atomic E-state index is 13.5. The lowest BCUT2D eigenvalue weighted by Crippen LogP contribution is -2.16. The predicted octanol–water partition coefficient (Wildman–Crippen LogP) is 7.32. The first-order chi connectivity index (χ1) is 21.0. The predicted molar refractivity (Wildman–Crippen MR) is 155 cm³/mol. The van der Waals surface area contributed by atoms with E-state index in [9.17, 15) is 4.39 Å². The van der Waals surface area contributed by atoms with Crippen molar-refractivity contribution < 1.29 is 28.2 Å². The third kappa shape index (κ3) is 7.29. The molecule has 0 spiro atoms. The summed E-state index contributed by atoms with van der Waals surface area (Å²) in [5.74, 6) is 0.619. The summed E-state index contributed by atoms with van der Waals surface area (Å²) in [7, 11) is 1.29. The molecular weight excluding hydrogens is 555 g/mol. The Morgan fingerprint density at radius 1 is 1.07 bits per heavy atom. The van der Waals surface area contributed by atoms with E-state index in [2.05, 4.69) is 29.8 Å². The SMILES string of the molecule is [2H]C([2H])(CSOOC)NC([2H])([2H])c1ccc(-c2ccc3ncnc(Nc4ccc(OCc5cccc(F)c5)c(Cl)c4)c3c2)o1. The molecule has 0 radical (unpaired) electrons. The molecule has 8 nitrogen and oxygen atoms in total. The zero-order valence-corrected chi connectivity index (χ0v) is 22.7. The van der Waals surface area contributed by atoms with Crippen molar-refractivity contribution in [3.05, 3.63) is 101 Å². The quantitative estimate of drug-likeness (QED) is 0.0639. The Morgan fingerprint density at radius 2 is 2.00 bits per heavy atom. The lowest BCUT2D eigenvalue weighted by Gasteiger charge is -2.12. The molecule has 2 N–H and O–H groups in total. The number of anilines is 2. The average molecular weight is 585 g/mol. The molecule has 0 aliphatic heterocycles. The Kier molecular flexibility index (Phi) is 7.85. The maximum atomic E-state index is 13.5. The molecule has 2 heterocycles. The maximum Gasteiger partial charge on any atom is 0.141 e. The lowest BCUT2D eigenvalue weighted by molar-refractivity contribution is -0.160. The Morgan fingerprint density at radius 3 is 2.85 bits per heavy atom. The fraction of sp³-hybridized carbons (Fsp3) is 0.172. The molecule has 40 heavy (non-hydrogen) atoms. The second-order valence-electron chi connectivity index (χ2n) is 8.23. The minimum atomic E-state index is -2.32. The molecule has 5 rings (SSSR count). The van der Waals surface area contributed by atoms with E-state index in [0.717, 1.165) is 0 Å². The second-order valence-corrected chi connectivity index (χ2v) is 9.30. The van der Waals surface area contributed by atoms with Gasteiger partial charge in [0.1, 0.15) is 41.8 Å². The summed E-state index contributed by atoms with van der Waals surface area (Å²) in [6.45, 7) is -4.30. The van der Waals surface area contributed by atoms with E-state index in [0.29, 0.717) is 62.1 Å². The van der Waals surface area contributed by atoms with Crippen molar-refractivity contribution in [2.24, 2.45) is 0 Å². The van der Waals surface area contributed by atoms with E-state index >= 15 is 0 Å². The third-order valence-corrected chi connectivity index (χ3v) is 6.32. The Labute approximate surface area is 245 Å². The molecule has 0 atom stereocenters. The normalized spacial score (nSPS) is 13.4. The fourth-order valence-corrected chi connectivity index (χ4v) is 4.24. The van der Waals surface area contributed by atoms with E-state index in [1.165, 1.54) is 31.6 Å². The molecule has 0 bridgehead atoms. The van der Waals surface area contributed by atoms with Gasteiger partial charge in [0.05, 0.1) is 26.9 Å². The van der Waals surface area contributed by atoms with Crippen LogP contribution in [0.4, 0.5) is 15.9 Å². The number of hydrogen-bond donors (Lipinski definition) is 2. The van der Waals surface area contributed by atoms with E-state index < -0.39 is 13.0 Å². The lowest BCUT2D eigenvalue weighted by atomic mass is 10.1. The van der Waals surface area contributed by atoms with Gasteiger partial charge in [0.15, 0.2) is 0 Å². The smallest absolute Gasteiger partial charge is 0.141 e. The minimum Gasteiger partial charge on any atom is -0.487 e. The van der Waals surface area contributed by atoms with Crippen molar-refractivity contribution >= 4 is 46.1 Å². The minimum absolute atomic E-state index is 0.105. The van der Waals surface area contributed by atoms with Crippen LogP contribution < -0.4 is 15.4 Å². The molecule has 2 aromatic heterocycles. The molecule has 0 unspecified atom stereocenters. The third-order valence-electron chi connectivity index (χ3n) is 5.53. The molecule has 0 amide bonds. The van der Waals surface area contributed by atoms with Gasteiger partial charge in [-0.05, 0) is 66.2 Å². The van der Waals surface area contributed by atoms with Crippen LogP contribution in [0.3, 0.4) is 0 Å². The van der Waals surface area contributed by atoms with Crippen molar-refractivity contribution in [2.45, 2.75) is 13.1 Å². The van der Waals surface area contributed by atoms with Gasteiger partial charge >= 0.3 is 0 Å². The first kappa shape index (κ1) is 23.1. The number of nitrogens with one attached hydrogen (secondary N) is 2. The van der Waals surface area contributed by atoms with Gasteiger partial charge in [-0.3, -0.25) is 0 Å². The summed E-state index contributed by atoms with van der Waals surface area (Å²) in [6, 6.07) is 19.7. The van der Waals surface area contributed by atoms with Crippen LogP contribution in [0.2, 0.25) is 5.02 Å². The summed E-state index contributed by atoms with van der Waals surface area (Å²) in [6.07, 6.45) is 1.43. The van der Waals surface area contributed by atoms with Gasteiger partial charge < -0.3 is 19.8 Å². The first-order valence-corrected chi connectivity index (χ1v) is 13.2. The number of aromatic nitrogens is 2. The van der Waals surface area contributed by atoms with Crippen LogP contribution in [0.25, 0.3) is 22.2 Å². The molecule has 0 aliphatic rings. The zero-order chi connectivity index (χ0) is 31.3. The molecule has 5 aromatic rings. The summed E-state index contributed by atoms with van der Waals surface area (Å²) < 4.78 is 62.5. The Hall–Kier alpha value is -3.67. The standard InChI is InChI=1S/C29H26ClFN4O4S/c1-36-39-40-12-11-32-16-23-7-10-27(38-23)20-5-8-26-24(14-20)29(34-18-33-26)35-22-6-9-28(25(30)15-22)37-17-19-3-2-4-21(31)13-19/h2-10,13-15,18,32H,11-12,16-17H2,1H3,(H,33,34,35)/i11D2,16D2. The summed E-state index contributed by atoms with van der Waals surface area (Å²) in [5, 5.41) is 6.58. The van der Waals surface area contributed by atoms with Crippen LogP contribution >= 0.6 is 23.6 Å². The summed E-state index contributed by atoms with van der Waals surface area (Å²) in [4.78, 5) is 13.2. The molecule has 11 heteroatoms. The molecule has 3 aromatic carbocycles. The van der Waals surface area contributed by atoms with Crippen molar-refractivity contribution in [1.82, 2.24) is 15.3 Å². The highest BCUT2D eigenvalue weighted by Crippen LogP contribution is 2.32. The van der Waals surface area contributed by atoms with Crippen LogP contribution in [0.15, 0.2) is 83.5 Å². The average Bonchev–Trinajstić information content (AvgIpc) is 3.48. The van der Waals surface area contributed by atoms with Gasteiger partial charge in [0.25, 0.3) is 0 Å². The van der Waals surface area contributed by atoms with E-state index in [-0.39, 0.29) is 23.9 Å². The van der Waals surface area contributed by atoms with Crippen LogP contribution in [0.1, 0.15) is 16.8 Å². The number of benzene rings is 3. The molecule has 0 fully saturated rings. The van der Waals surface area contributed by atoms with Gasteiger partial charge in [-0.1, -0.05) is 23.7 Å². The highest BCUT2D eigenvalue weighted by Gasteiger charge is 2.11. The molecule has 206 valence electrons. The molecular formula is C29H26ClFN4O4S. The molecule has 0 aliphatic carbocycles. The summed E-state index contributed by atoms with van der Waals surface area (Å²) >= 11 is 7.18. The molecule has 0 saturated heterocycles. The van der Waals surface area contributed by atoms with Crippen molar-refractivity contribution in [2.75, 3.05) is 24.7 Å². The first-order valence-electron chi connectivity index (χ1n) is 13.9. The second kappa shape index (κ2) is 13.6. The number of ether oxygens (including phenoxy) is 1. The topological polar surface area (TPSA) is 90.7 Å². The fourth-order valence-electron chi connectivity index (χ4n) is 3.73. The Bertz CT molecular complexity index is 1760. The van der Waals surface area contributed by atoms with Crippen LogP contribution in [0, 0.1) is 5.82 Å². The number of rotatable bonds is 13.